The van der Waals surface area contributed by atoms with Crippen molar-refractivity contribution in [2.24, 2.45) is 0 Å². The lowest BCUT2D eigenvalue weighted by Gasteiger charge is -2.19. The van der Waals surface area contributed by atoms with Crippen molar-refractivity contribution < 1.29 is 14.2 Å². The van der Waals surface area contributed by atoms with E-state index in [9.17, 15) is 0 Å². The summed E-state index contributed by atoms with van der Waals surface area (Å²) in [6.45, 7) is 1.29. The molecule has 1 heterocycles. The second-order valence-corrected chi connectivity index (χ2v) is 6.32. The zero-order valence-corrected chi connectivity index (χ0v) is 13.6. The maximum absolute atomic E-state index is 5.67. The van der Waals surface area contributed by atoms with Crippen LogP contribution in [0.2, 0.25) is 0 Å². The van der Waals surface area contributed by atoms with Crippen molar-refractivity contribution in [1.29, 1.82) is 0 Å². The largest absolute Gasteiger partial charge is 0.493 e. The fourth-order valence-electron chi connectivity index (χ4n) is 2.41. The van der Waals surface area contributed by atoms with Gasteiger partial charge in [0.2, 0.25) is 0 Å². The first-order chi connectivity index (χ1) is 9.80. The number of hydrogen-bond donors (Lipinski definition) is 0. The van der Waals surface area contributed by atoms with Crippen molar-refractivity contribution in [3.05, 3.63) is 23.3 Å². The monoisotopic (exact) mass is 316 g/mol. The van der Waals surface area contributed by atoms with Gasteiger partial charge in [-0.2, -0.15) is 11.8 Å². The summed E-state index contributed by atoms with van der Waals surface area (Å²) in [4.78, 5) is 0. The molecule has 3 nitrogen and oxygen atoms in total. The zero-order valence-electron chi connectivity index (χ0n) is 12.0. The number of alkyl halides is 1. The number of hydrogen-bond acceptors (Lipinski definition) is 4. The van der Waals surface area contributed by atoms with Gasteiger partial charge in [0.1, 0.15) is 0 Å². The molecular formula is C15H21ClO3S. The van der Waals surface area contributed by atoms with Crippen molar-refractivity contribution >= 4 is 23.4 Å². The van der Waals surface area contributed by atoms with Gasteiger partial charge in [-0.05, 0) is 41.9 Å². The van der Waals surface area contributed by atoms with Gasteiger partial charge in [-0.25, -0.2) is 0 Å². The van der Waals surface area contributed by atoms with Crippen LogP contribution in [-0.4, -0.2) is 39.1 Å². The highest BCUT2D eigenvalue weighted by Crippen LogP contribution is 2.41. The van der Waals surface area contributed by atoms with Crippen LogP contribution >= 0.6 is 23.4 Å². The molecule has 0 saturated carbocycles. The number of rotatable bonds is 6. The van der Waals surface area contributed by atoms with Crippen LogP contribution in [0, 0.1) is 0 Å². The van der Waals surface area contributed by atoms with Crippen LogP contribution in [0.1, 0.15) is 22.8 Å². The second kappa shape index (κ2) is 8.01. The van der Waals surface area contributed by atoms with Gasteiger partial charge < -0.3 is 14.2 Å². The minimum absolute atomic E-state index is 0.343. The second-order valence-electron chi connectivity index (χ2n) is 4.63. The average molecular weight is 317 g/mol. The Morgan fingerprint density at radius 2 is 2.00 bits per heavy atom. The molecule has 0 saturated heterocycles. The summed E-state index contributed by atoms with van der Waals surface area (Å²) in [7, 11) is 3.35. The maximum Gasteiger partial charge on any atom is 0.161 e. The molecule has 112 valence electrons. The highest BCUT2D eigenvalue weighted by atomic mass is 35.5. The lowest BCUT2D eigenvalue weighted by molar-refractivity contribution is 0.150. The number of fused-ring (bicyclic) bond motifs is 1. The van der Waals surface area contributed by atoms with E-state index in [0.717, 1.165) is 23.7 Å². The third-order valence-electron chi connectivity index (χ3n) is 3.39. The fourth-order valence-corrected chi connectivity index (χ4v) is 3.71. The van der Waals surface area contributed by atoms with Gasteiger partial charge in [0.15, 0.2) is 11.5 Å². The summed E-state index contributed by atoms with van der Waals surface area (Å²) in [6, 6.07) is 4.20. The van der Waals surface area contributed by atoms with Gasteiger partial charge >= 0.3 is 0 Å². The van der Waals surface area contributed by atoms with Gasteiger partial charge in [-0.1, -0.05) is 0 Å². The summed E-state index contributed by atoms with van der Waals surface area (Å²) in [5.41, 5.74) is 2.65. The van der Waals surface area contributed by atoms with Crippen molar-refractivity contribution in [2.75, 3.05) is 39.1 Å². The van der Waals surface area contributed by atoms with Crippen LogP contribution < -0.4 is 9.47 Å². The normalized spacial score (nSPS) is 18.2. The van der Waals surface area contributed by atoms with Crippen LogP contribution in [0.15, 0.2) is 12.1 Å². The molecule has 1 aliphatic rings. The predicted octanol–water partition coefficient (Wildman–Crippen LogP) is 3.68. The van der Waals surface area contributed by atoms with E-state index in [-0.39, 0.29) is 0 Å². The maximum atomic E-state index is 5.67. The van der Waals surface area contributed by atoms with E-state index in [1.165, 1.54) is 17.5 Å². The fraction of sp³-hybridized carbons (Fsp3) is 0.600. The molecule has 1 aliphatic heterocycles. The summed E-state index contributed by atoms with van der Waals surface area (Å²) in [5, 5.41) is 0.343. The zero-order chi connectivity index (χ0) is 14.4. The molecule has 0 amide bonds. The van der Waals surface area contributed by atoms with E-state index >= 15 is 0 Å². The molecule has 0 N–H and O–H groups in total. The molecule has 20 heavy (non-hydrogen) atoms. The Morgan fingerprint density at radius 1 is 1.25 bits per heavy atom. The molecule has 0 radical (unpaired) electrons. The lowest BCUT2D eigenvalue weighted by atomic mass is 9.99. The molecule has 1 aromatic rings. The summed E-state index contributed by atoms with van der Waals surface area (Å²) >= 11 is 7.62. The van der Waals surface area contributed by atoms with Crippen molar-refractivity contribution in [3.63, 3.8) is 0 Å². The first kappa shape index (κ1) is 15.8. The standard InChI is InChI=1S/C15H21ClO3S/c1-17-13-8-11-4-3-7-20-15(10-19-6-5-16)12(11)9-14(13)18-2/h8-9,15H,3-7,10H2,1-2H3. The average Bonchev–Trinajstić information content (AvgIpc) is 2.68. The molecule has 1 unspecified atom stereocenters. The minimum Gasteiger partial charge on any atom is -0.493 e. The lowest BCUT2D eigenvalue weighted by Crippen LogP contribution is -2.08. The molecular weight excluding hydrogens is 296 g/mol. The number of halogens is 1. The van der Waals surface area contributed by atoms with Gasteiger partial charge in [0.25, 0.3) is 0 Å². The number of benzene rings is 1. The number of ether oxygens (including phenoxy) is 3. The highest BCUT2D eigenvalue weighted by Gasteiger charge is 2.22. The van der Waals surface area contributed by atoms with Crippen molar-refractivity contribution in [1.82, 2.24) is 0 Å². The van der Waals surface area contributed by atoms with E-state index in [1.807, 2.05) is 11.8 Å². The predicted molar refractivity (Wildman–Crippen MR) is 84.6 cm³/mol. The third kappa shape index (κ3) is 3.74. The summed E-state index contributed by atoms with van der Waals surface area (Å²) < 4.78 is 16.5. The SMILES string of the molecule is COc1cc2c(cc1OC)C(COCCCl)SCCC2. The van der Waals surface area contributed by atoms with Crippen molar-refractivity contribution in [2.45, 2.75) is 18.1 Å². The Morgan fingerprint density at radius 3 is 2.70 bits per heavy atom. The Labute approximate surface area is 129 Å². The molecule has 1 atom stereocenters. The van der Waals surface area contributed by atoms with Gasteiger partial charge in [0.05, 0.1) is 32.7 Å². The molecule has 5 heteroatoms. The van der Waals surface area contributed by atoms with Crippen LogP contribution in [0.4, 0.5) is 0 Å². The molecule has 0 aromatic heterocycles. The Hall–Kier alpha value is -0.580. The molecule has 0 bridgehead atoms. The van der Waals surface area contributed by atoms with E-state index < -0.39 is 0 Å². The molecule has 1 aromatic carbocycles. The van der Waals surface area contributed by atoms with Gasteiger partial charge in [0, 0.05) is 5.88 Å². The van der Waals surface area contributed by atoms with E-state index in [4.69, 9.17) is 25.8 Å². The number of thioether (sulfide) groups is 1. The van der Waals surface area contributed by atoms with E-state index in [2.05, 4.69) is 12.1 Å². The third-order valence-corrected chi connectivity index (χ3v) is 4.86. The smallest absolute Gasteiger partial charge is 0.161 e. The van der Waals surface area contributed by atoms with Gasteiger partial charge in [-0.15, -0.1) is 11.6 Å². The topological polar surface area (TPSA) is 27.7 Å². The molecule has 0 fully saturated rings. The van der Waals surface area contributed by atoms with Gasteiger partial charge in [-0.3, -0.25) is 0 Å². The minimum atomic E-state index is 0.343. The molecule has 0 aliphatic carbocycles. The summed E-state index contributed by atoms with van der Waals surface area (Å²) in [6.07, 6.45) is 2.26. The highest BCUT2D eigenvalue weighted by molar-refractivity contribution is 7.99. The Balaban J connectivity index is 2.27. The van der Waals surface area contributed by atoms with Crippen LogP contribution in [-0.2, 0) is 11.2 Å². The Kier molecular flexibility index (Phi) is 6.33. The molecule has 2 rings (SSSR count). The number of methoxy groups -OCH3 is 2. The molecule has 0 spiro atoms. The summed E-state index contributed by atoms with van der Waals surface area (Å²) in [5.74, 6) is 3.28. The quantitative estimate of drug-likeness (QED) is 0.591. The van der Waals surface area contributed by atoms with Crippen molar-refractivity contribution in [3.8, 4) is 11.5 Å². The van der Waals surface area contributed by atoms with Crippen LogP contribution in [0.25, 0.3) is 0 Å². The van der Waals surface area contributed by atoms with E-state index in [1.54, 1.807) is 14.2 Å². The number of aryl methyl sites for hydroxylation is 1. The van der Waals surface area contributed by atoms with E-state index in [0.29, 0.717) is 24.3 Å². The first-order valence-corrected chi connectivity index (χ1v) is 8.38. The Bertz CT molecular complexity index is 439. The first-order valence-electron chi connectivity index (χ1n) is 6.80. The van der Waals surface area contributed by atoms with Crippen LogP contribution in [0.3, 0.4) is 0 Å². The van der Waals surface area contributed by atoms with Crippen LogP contribution in [0.5, 0.6) is 11.5 Å².